The number of hydrogen-bond acceptors (Lipinski definition) is 3. The van der Waals surface area contributed by atoms with E-state index < -0.39 is 0 Å². The van der Waals surface area contributed by atoms with Gasteiger partial charge in [0.15, 0.2) is 0 Å². The molecule has 3 heteroatoms. The smallest absolute Gasteiger partial charge is 0.0701 e. The van der Waals surface area contributed by atoms with Gasteiger partial charge in [0.2, 0.25) is 0 Å². The fourth-order valence-corrected chi connectivity index (χ4v) is 16.5. The molecule has 0 spiro atoms. The molecule has 56 heavy (non-hydrogen) atoms. The van der Waals surface area contributed by atoms with Gasteiger partial charge in [-0.05, 0) is 204 Å². The van der Waals surface area contributed by atoms with Crippen LogP contribution in [0.2, 0.25) is 0 Å². The largest absolute Gasteiger partial charge is 0.382 e. The summed E-state index contributed by atoms with van der Waals surface area (Å²) in [6, 6.07) is 0. The molecule has 8 aliphatic rings. The first kappa shape index (κ1) is 42.3. The second-order valence-electron chi connectivity index (χ2n) is 22.2. The highest BCUT2D eigenvalue weighted by Crippen LogP contribution is 2.67. The van der Waals surface area contributed by atoms with Crippen LogP contribution in [0.1, 0.15) is 200 Å². The lowest BCUT2D eigenvalue weighted by molar-refractivity contribution is -0.00994. The van der Waals surface area contributed by atoms with Gasteiger partial charge in [0.05, 0.1) is 26.4 Å². The van der Waals surface area contributed by atoms with Crippen LogP contribution in [0.3, 0.4) is 0 Å². The van der Waals surface area contributed by atoms with E-state index in [9.17, 15) is 0 Å². The lowest BCUT2D eigenvalue weighted by atomic mass is 9.59. The van der Waals surface area contributed by atoms with E-state index in [-0.39, 0.29) is 0 Å². The Morgan fingerprint density at radius 1 is 0.446 bits per heavy atom. The third-order valence-electron chi connectivity index (χ3n) is 19.6. The maximum absolute atomic E-state index is 6.42. The van der Waals surface area contributed by atoms with Gasteiger partial charge in [-0.15, -0.1) is 0 Å². The Balaban J connectivity index is 0.896. The molecule has 0 saturated heterocycles. The van der Waals surface area contributed by atoms with Crippen molar-refractivity contribution in [3.63, 3.8) is 0 Å². The van der Waals surface area contributed by atoms with E-state index in [1.807, 2.05) is 5.57 Å². The summed E-state index contributed by atoms with van der Waals surface area (Å²) in [6.07, 6.45) is 48.4. The van der Waals surface area contributed by atoms with Crippen molar-refractivity contribution in [3.05, 3.63) is 11.6 Å². The number of allylic oxidation sites excluding steroid dienone is 2. The van der Waals surface area contributed by atoms with E-state index in [2.05, 4.69) is 13.0 Å². The summed E-state index contributed by atoms with van der Waals surface area (Å²) in [5.74, 6) is 12.8. The van der Waals surface area contributed by atoms with Gasteiger partial charge in [-0.2, -0.15) is 0 Å². The predicted octanol–water partition coefficient (Wildman–Crippen LogP) is 14.4. The molecular weight excluding hydrogens is 685 g/mol. The number of fused-ring (bicyclic) bond motifs is 3. The second kappa shape index (κ2) is 20.9. The third-order valence-corrected chi connectivity index (χ3v) is 19.6. The molecule has 7 unspecified atom stereocenters. The van der Waals surface area contributed by atoms with Gasteiger partial charge in [0.1, 0.15) is 0 Å². The molecule has 320 valence electrons. The van der Waals surface area contributed by atoms with E-state index in [0.29, 0.717) is 25.2 Å². The SMILES string of the molecule is COCCOCCOCCC1(C)C2CC(C3CCC(C=C(C4CCCCC4)C4CCCCC4)CC3)CCC2C2CCC(C3CCC(C4CCCCC4)CC3)CC21. The van der Waals surface area contributed by atoms with Crippen LogP contribution in [-0.2, 0) is 14.2 Å². The lowest BCUT2D eigenvalue weighted by Crippen LogP contribution is -2.39. The lowest BCUT2D eigenvalue weighted by Gasteiger charge is -2.46. The van der Waals surface area contributed by atoms with E-state index in [4.69, 9.17) is 14.2 Å². The van der Waals surface area contributed by atoms with Crippen molar-refractivity contribution in [2.75, 3.05) is 40.1 Å². The Hall–Kier alpha value is -0.380. The van der Waals surface area contributed by atoms with Gasteiger partial charge in [-0.25, -0.2) is 0 Å². The molecule has 8 fully saturated rings. The van der Waals surface area contributed by atoms with Crippen LogP contribution >= 0.6 is 0 Å². The maximum atomic E-state index is 6.42. The average molecular weight is 775 g/mol. The van der Waals surface area contributed by atoms with Crippen molar-refractivity contribution in [2.24, 2.45) is 82.3 Å². The van der Waals surface area contributed by atoms with Gasteiger partial charge in [-0.1, -0.05) is 89.2 Å². The zero-order chi connectivity index (χ0) is 38.2. The normalized spacial score (nSPS) is 40.5. The highest BCUT2D eigenvalue weighted by Gasteiger charge is 2.60. The Morgan fingerprint density at radius 3 is 1.38 bits per heavy atom. The summed E-state index contributed by atoms with van der Waals surface area (Å²) in [7, 11) is 1.76. The van der Waals surface area contributed by atoms with E-state index in [1.165, 1.54) is 116 Å². The van der Waals surface area contributed by atoms with Crippen LogP contribution in [0, 0.1) is 82.3 Å². The molecule has 8 saturated carbocycles. The first-order valence-electron chi connectivity index (χ1n) is 26.0. The molecule has 0 aromatic carbocycles. The van der Waals surface area contributed by atoms with E-state index in [0.717, 1.165) is 90.1 Å². The summed E-state index contributed by atoms with van der Waals surface area (Å²) in [5, 5.41) is 0. The fourth-order valence-electron chi connectivity index (χ4n) is 16.5. The average Bonchev–Trinajstić information content (AvgIpc) is 3.51. The zero-order valence-electron chi connectivity index (χ0n) is 37.1. The van der Waals surface area contributed by atoms with Gasteiger partial charge >= 0.3 is 0 Å². The van der Waals surface area contributed by atoms with Crippen LogP contribution in [0.5, 0.6) is 0 Å². The minimum Gasteiger partial charge on any atom is -0.382 e. The summed E-state index contributed by atoms with van der Waals surface area (Å²) in [4.78, 5) is 0. The topological polar surface area (TPSA) is 27.7 Å². The standard InChI is InChI=1S/C53H90O3/c1-53(30-31-55-34-35-56-33-32-54-2)51-37-46(42-20-18-39(19-21-42)36-50(44-14-8-4-9-15-44)45-16-10-5-11-17-45)26-28-48(51)49-29-27-47(38-52(49)53)43-24-22-41(23-25-43)40-12-6-3-7-13-40/h36,39-49,51-52H,3-35,37-38H2,1-2H3. The summed E-state index contributed by atoms with van der Waals surface area (Å²) in [5.41, 5.74) is 2.44. The Morgan fingerprint density at radius 2 is 0.857 bits per heavy atom. The molecule has 8 aliphatic carbocycles. The van der Waals surface area contributed by atoms with Crippen LogP contribution in [0.25, 0.3) is 0 Å². The van der Waals surface area contributed by atoms with Gasteiger partial charge in [-0.3, -0.25) is 0 Å². The number of rotatable bonds is 15. The number of methoxy groups -OCH3 is 1. The van der Waals surface area contributed by atoms with Crippen LogP contribution < -0.4 is 0 Å². The third kappa shape index (κ3) is 10.2. The molecule has 0 radical (unpaired) electrons. The number of hydrogen-bond donors (Lipinski definition) is 0. The monoisotopic (exact) mass is 775 g/mol. The van der Waals surface area contributed by atoms with E-state index >= 15 is 0 Å². The fraction of sp³-hybridized carbons (Fsp3) is 0.962. The molecule has 8 rings (SSSR count). The van der Waals surface area contributed by atoms with Crippen molar-refractivity contribution in [1.82, 2.24) is 0 Å². The van der Waals surface area contributed by atoms with Gasteiger partial charge in [0, 0.05) is 13.7 Å². The van der Waals surface area contributed by atoms with Crippen LogP contribution in [0.4, 0.5) is 0 Å². The van der Waals surface area contributed by atoms with Crippen molar-refractivity contribution >= 4 is 0 Å². The molecule has 0 amide bonds. The van der Waals surface area contributed by atoms with E-state index in [1.54, 1.807) is 84.2 Å². The van der Waals surface area contributed by atoms with Crippen molar-refractivity contribution < 1.29 is 14.2 Å². The predicted molar refractivity (Wildman–Crippen MR) is 234 cm³/mol. The molecule has 0 bridgehead atoms. The Labute approximate surface area is 346 Å². The molecule has 3 nitrogen and oxygen atoms in total. The maximum Gasteiger partial charge on any atom is 0.0701 e. The van der Waals surface area contributed by atoms with Crippen molar-refractivity contribution in [2.45, 2.75) is 200 Å². The number of ether oxygens (including phenoxy) is 3. The molecule has 0 N–H and O–H groups in total. The minimum absolute atomic E-state index is 0.456. The Kier molecular flexibility index (Phi) is 15.8. The summed E-state index contributed by atoms with van der Waals surface area (Å²) in [6.45, 7) is 6.54. The van der Waals surface area contributed by atoms with Crippen molar-refractivity contribution in [1.29, 1.82) is 0 Å². The molecule has 7 atom stereocenters. The first-order valence-corrected chi connectivity index (χ1v) is 26.0. The highest BCUT2D eigenvalue weighted by atomic mass is 16.5. The molecule has 0 aromatic rings. The van der Waals surface area contributed by atoms with Crippen molar-refractivity contribution in [3.8, 4) is 0 Å². The minimum atomic E-state index is 0.456. The molecule has 0 heterocycles. The van der Waals surface area contributed by atoms with Gasteiger partial charge < -0.3 is 14.2 Å². The van der Waals surface area contributed by atoms with Gasteiger partial charge in [0.25, 0.3) is 0 Å². The highest BCUT2D eigenvalue weighted by molar-refractivity contribution is 5.15. The molecule has 0 aromatic heterocycles. The van der Waals surface area contributed by atoms with Crippen LogP contribution in [0.15, 0.2) is 11.6 Å². The summed E-state index contributed by atoms with van der Waals surface area (Å²) < 4.78 is 17.4. The molecular formula is C53H90O3. The Bertz CT molecular complexity index is 1140. The second-order valence-corrected chi connectivity index (χ2v) is 22.2. The quantitative estimate of drug-likeness (QED) is 0.122. The molecule has 0 aliphatic heterocycles. The first-order chi connectivity index (χ1) is 27.6. The zero-order valence-corrected chi connectivity index (χ0v) is 37.1. The summed E-state index contributed by atoms with van der Waals surface area (Å²) >= 11 is 0. The van der Waals surface area contributed by atoms with Crippen LogP contribution in [-0.4, -0.2) is 40.1 Å².